The molecule has 1 unspecified atom stereocenters. The summed E-state index contributed by atoms with van der Waals surface area (Å²) in [4.78, 5) is 2.46. The van der Waals surface area contributed by atoms with Gasteiger partial charge in [0.15, 0.2) is 0 Å². The maximum Gasteiger partial charge on any atom is 0.0526 e. The molecule has 0 amide bonds. The molecule has 0 aromatic rings. The van der Waals surface area contributed by atoms with Gasteiger partial charge in [-0.25, -0.2) is 0 Å². The van der Waals surface area contributed by atoms with Crippen LogP contribution < -0.4 is 0 Å². The van der Waals surface area contributed by atoms with E-state index < -0.39 is 0 Å². The molecule has 15 heavy (non-hydrogen) atoms. The van der Waals surface area contributed by atoms with Gasteiger partial charge in [-0.15, -0.1) is 0 Å². The quantitative estimate of drug-likeness (QED) is 0.581. The fraction of sp³-hybridized carbons (Fsp3) is 0.714. The van der Waals surface area contributed by atoms with Crippen LogP contribution >= 0.6 is 0 Å². The zero-order valence-corrected chi connectivity index (χ0v) is 11.3. The Bertz CT molecular complexity index is 283. The average molecular weight is 207 g/mol. The zero-order valence-electron chi connectivity index (χ0n) is 11.3. The van der Waals surface area contributed by atoms with Crippen molar-refractivity contribution in [1.29, 1.82) is 0 Å². The molecular weight excluding hydrogens is 182 g/mol. The van der Waals surface area contributed by atoms with E-state index >= 15 is 0 Å². The summed E-state index contributed by atoms with van der Waals surface area (Å²) in [6.07, 6.45) is 6.82. The van der Waals surface area contributed by atoms with Gasteiger partial charge in [-0.1, -0.05) is 32.4 Å². The molecule has 0 fully saturated rings. The van der Waals surface area contributed by atoms with Gasteiger partial charge in [0.25, 0.3) is 0 Å². The molecule has 0 bridgehead atoms. The smallest absolute Gasteiger partial charge is 0.0526 e. The summed E-state index contributed by atoms with van der Waals surface area (Å²) >= 11 is 0. The van der Waals surface area contributed by atoms with Gasteiger partial charge < -0.3 is 4.90 Å². The Morgan fingerprint density at radius 2 is 1.60 bits per heavy atom. The van der Waals surface area contributed by atoms with Gasteiger partial charge in [-0.2, -0.15) is 0 Å². The van der Waals surface area contributed by atoms with E-state index in [-0.39, 0.29) is 11.0 Å². The van der Waals surface area contributed by atoms with Gasteiger partial charge in [0.2, 0.25) is 0 Å². The molecule has 0 spiro atoms. The SMILES string of the molecule is CC1=CC(C(C)(C)C)N(C(C)(C)C)C=C1. The minimum absolute atomic E-state index is 0.186. The lowest BCUT2D eigenvalue weighted by atomic mass is 9.81. The van der Waals surface area contributed by atoms with E-state index in [4.69, 9.17) is 0 Å². The van der Waals surface area contributed by atoms with Crippen molar-refractivity contribution in [1.82, 2.24) is 4.90 Å². The highest BCUT2D eigenvalue weighted by Gasteiger charge is 2.34. The Kier molecular flexibility index (Phi) is 3.04. The molecule has 0 aromatic carbocycles. The molecular formula is C14H25N. The predicted molar refractivity (Wildman–Crippen MR) is 67.7 cm³/mol. The molecule has 86 valence electrons. The summed E-state index contributed by atoms with van der Waals surface area (Å²) in [6, 6.07) is 0.488. The molecule has 0 saturated carbocycles. The van der Waals surface area contributed by atoms with Crippen LogP contribution in [0.4, 0.5) is 0 Å². The second-order valence-electron chi connectivity index (χ2n) is 6.62. The summed E-state index contributed by atoms with van der Waals surface area (Å²) in [6.45, 7) is 15.9. The van der Waals surface area contributed by atoms with E-state index in [0.717, 1.165) is 0 Å². The maximum atomic E-state index is 2.46. The van der Waals surface area contributed by atoms with Crippen molar-refractivity contribution in [3.05, 3.63) is 23.9 Å². The normalized spacial score (nSPS) is 23.0. The van der Waals surface area contributed by atoms with E-state index in [0.29, 0.717) is 6.04 Å². The molecule has 1 heterocycles. The fourth-order valence-corrected chi connectivity index (χ4v) is 1.98. The highest BCUT2D eigenvalue weighted by molar-refractivity contribution is 5.25. The second-order valence-corrected chi connectivity index (χ2v) is 6.62. The van der Waals surface area contributed by atoms with Crippen LogP contribution in [0.15, 0.2) is 23.9 Å². The van der Waals surface area contributed by atoms with Gasteiger partial charge in [0.05, 0.1) is 6.04 Å². The van der Waals surface area contributed by atoms with Crippen molar-refractivity contribution in [3.8, 4) is 0 Å². The first-order valence-electron chi connectivity index (χ1n) is 5.77. The van der Waals surface area contributed by atoms with Crippen LogP contribution in [0.25, 0.3) is 0 Å². The molecule has 1 nitrogen and oxygen atoms in total. The number of rotatable bonds is 0. The molecule has 1 atom stereocenters. The molecule has 0 aliphatic carbocycles. The van der Waals surface area contributed by atoms with E-state index in [1.54, 1.807) is 0 Å². The van der Waals surface area contributed by atoms with Crippen molar-refractivity contribution in [2.75, 3.05) is 0 Å². The van der Waals surface area contributed by atoms with Crippen LogP contribution in [0.5, 0.6) is 0 Å². The summed E-state index contributed by atoms with van der Waals surface area (Å²) < 4.78 is 0. The number of nitrogens with zero attached hydrogens (tertiary/aromatic N) is 1. The first kappa shape index (κ1) is 12.4. The van der Waals surface area contributed by atoms with E-state index in [1.165, 1.54) is 5.57 Å². The topological polar surface area (TPSA) is 3.24 Å². The standard InChI is InChI=1S/C14H25N/c1-11-8-9-15(14(5,6)7)12(10-11)13(2,3)4/h8-10,12H,1-7H3. The Morgan fingerprint density at radius 3 is 2.00 bits per heavy atom. The first-order chi connectivity index (χ1) is 6.62. The van der Waals surface area contributed by atoms with E-state index in [9.17, 15) is 0 Å². The van der Waals surface area contributed by atoms with E-state index in [1.807, 2.05) is 0 Å². The predicted octanol–water partition coefficient (Wildman–Crippen LogP) is 3.98. The van der Waals surface area contributed by atoms with Crippen LogP contribution in [-0.4, -0.2) is 16.5 Å². The third-order valence-corrected chi connectivity index (χ3v) is 2.88. The van der Waals surface area contributed by atoms with Crippen LogP contribution in [0.1, 0.15) is 48.5 Å². The van der Waals surface area contributed by atoms with Gasteiger partial charge in [0.1, 0.15) is 0 Å². The average Bonchev–Trinajstić information content (AvgIpc) is 2.00. The molecule has 1 aliphatic rings. The van der Waals surface area contributed by atoms with Crippen molar-refractivity contribution < 1.29 is 0 Å². The van der Waals surface area contributed by atoms with Crippen LogP contribution in [0.2, 0.25) is 0 Å². The largest absolute Gasteiger partial charge is 0.366 e. The Morgan fingerprint density at radius 1 is 1.07 bits per heavy atom. The third kappa shape index (κ3) is 2.87. The summed E-state index contributed by atoms with van der Waals surface area (Å²) in [5.74, 6) is 0. The number of allylic oxidation sites excluding steroid dienone is 2. The zero-order chi connectivity index (χ0) is 11.9. The molecule has 0 radical (unpaired) electrons. The lowest BCUT2D eigenvalue weighted by molar-refractivity contribution is 0.0968. The molecule has 1 heteroatoms. The monoisotopic (exact) mass is 207 g/mol. The van der Waals surface area contributed by atoms with Crippen molar-refractivity contribution >= 4 is 0 Å². The molecule has 0 saturated heterocycles. The van der Waals surface area contributed by atoms with Gasteiger partial charge in [0, 0.05) is 11.7 Å². The first-order valence-corrected chi connectivity index (χ1v) is 5.77. The second kappa shape index (κ2) is 3.70. The highest BCUT2D eigenvalue weighted by Crippen LogP contribution is 2.33. The summed E-state index contributed by atoms with van der Waals surface area (Å²) in [5, 5.41) is 0. The lowest BCUT2D eigenvalue weighted by Crippen LogP contribution is -2.50. The van der Waals surface area contributed by atoms with Crippen LogP contribution in [0, 0.1) is 5.41 Å². The van der Waals surface area contributed by atoms with Crippen molar-refractivity contribution in [3.63, 3.8) is 0 Å². The highest BCUT2D eigenvalue weighted by atomic mass is 15.2. The molecule has 0 N–H and O–H groups in total. The van der Waals surface area contributed by atoms with Gasteiger partial charge in [-0.05, 0) is 39.2 Å². The third-order valence-electron chi connectivity index (χ3n) is 2.88. The number of hydrogen-bond donors (Lipinski definition) is 0. The minimum atomic E-state index is 0.186. The molecule has 1 aliphatic heterocycles. The van der Waals surface area contributed by atoms with Crippen molar-refractivity contribution in [2.24, 2.45) is 5.41 Å². The molecule has 1 rings (SSSR count). The van der Waals surface area contributed by atoms with Crippen molar-refractivity contribution in [2.45, 2.75) is 60.0 Å². The Hall–Kier alpha value is -0.720. The minimum Gasteiger partial charge on any atom is -0.366 e. The van der Waals surface area contributed by atoms with Gasteiger partial charge in [-0.3, -0.25) is 0 Å². The van der Waals surface area contributed by atoms with Crippen LogP contribution in [-0.2, 0) is 0 Å². The molecule has 0 aromatic heterocycles. The maximum absolute atomic E-state index is 2.46. The van der Waals surface area contributed by atoms with Crippen LogP contribution in [0.3, 0.4) is 0 Å². The lowest BCUT2D eigenvalue weighted by Gasteiger charge is -2.47. The van der Waals surface area contributed by atoms with Gasteiger partial charge >= 0.3 is 0 Å². The summed E-state index contributed by atoms with van der Waals surface area (Å²) in [7, 11) is 0. The Labute approximate surface area is 94.9 Å². The Balaban J connectivity index is 3.04. The van der Waals surface area contributed by atoms with E-state index in [2.05, 4.69) is 71.7 Å². The summed E-state index contributed by atoms with van der Waals surface area (Å²) in [5.41, 5.74) is 1.83. The fourth-order valence-electron chi connectivity index (χ4n) is 1.98. The number of hydrogen-bond acceptors (Lipinski definition) is 1.